The van der Waals surface area contributed by atoms with Gasteiger partial charge < -0.3 is 14.8 Å². The van der Waals surface area contributed by atoms with E-state index in [1.165, 1.54) is 11.1 Å². The van der Waals surface area contributed by atoms with Crippen molar-refractivity contribution in [2.24, 2.45) is 0 Å². The number of hydrogen-bond donors (Lipinski definition) is 1. The molecule has 0 aliphatic heterocycles. The van der Waals surface area contributed by atoms with Crippen molar-refractivity contribution in [1.29, 1.82) is 0 Å². The summed E-state index contributed by atoms with van der Waals surface area (Å²) in [5.41, 5.74) is 2.37. The Morgan fingerprint density at radius 1 is 1.29 bits per heavy atom. The van der Waals surface area contributed by atoms with E-state index < -0.39 is 0 Å². The molecule has 1 N–H and O–H groups in total. The number of rotatable bonds is 9. The van der Waals surface area contributed by atoms with Crippen molar-refractivity contribution in [2.75, 3.05) is 20.3 Å². The predicted molar refractivity (Wildman–Crippen MR) is 89.1 cm³/mol. The minimum absolute atomic E-state index is 0.133. The summed E-state index contributed by atoms with van der Waals surface area (Å²) in [5, 5.41) is 3.51. The molecule has 3 nitrogen and oxygen atoms in total. The van der Waals surface area contributed by atoms with Crippen molar-refractivity contribution in [3.05, 3.63) is 29.3 Å². The van der Waals surface area contributed by atoms with Gasteiger partial charge in [0.15, 0.2) is 0 Å². The van der Waals surface area contributed by atoms with Gasteiger partial charge >= 0.3 is 0 Å². The highest BCUT2D eigenvalue weighted by Crippen LogP contribution is 2.23. The maximum atomic E-state index is 5.89. The van der Waals surface area contributed by atoms with Gasteiger partial charge in [-0.1, -0.05) is 19.1 Å². The highest BCUT2D eigenvalue weighted by atomic mass is 16.5. The van der Waals surface area contributed by atoms with Crippen LogP contribution in [0.3, 0.4) is 0 Å². The molecule has 0 fully saturated rings. The van der Waals surface area contributed by atoms with Crippen LogP contribution in [0, 0.1) is 6.92 Å². The molecule has 0 aliphatic rings. The molecule has 1 aromatic carbocycles. The van der Waals surface area contributed by atoms with Crippen LogP contribution in [0.5, 0.6) is 5.75 Å². The van der Waals surface area contributed by atoms with E-state index in [0.717, 1.165) is 25.1 Å². The maximum absolute atomic E-state index is 5.89. The Labute approximate surface area is 130 Å². The van der Waals surface area contributed by atoms with Gasteiger partial charge in [-0.2, -0.15) is 0 Å². The highest BCUT2D eigenvalue weighted by molar-refractivity contribution is 5.37. The van der Waals surface area contributed by atoms with Crippen molar-refractivity contribution in [3.8, 4) is 5.75 Å². The Morgan fingerprint density at radius 2 is 2.00 bits per heavy atom. The minimum Gasteiger partial charge on any atom is -0.493 e. The normalized spacial score (nSPS) is 13.2. The van der Waals surface area contributed by atoms with Gasteiger partial charge in [0.05, 0.1) is 12.2 Å². The van der Waals surface area contributed by atoms with Crippen LogP contribution < -0.4 is 10.1 Å². The summed E-state index contributed by atoms with van der Waals surface area (Å²) in [4.78, 5) is 0. The zero-order valence-corrected chi connectivity index (χ0v) is 14.5. The maximum Gasteiger partial charge on any atom is 0.122 e. The van der Waals surface area contributed by atoms with E-state index in [4.69, 9.17) is 9.47 Å². The van der Waals surface area contributed by atoms with Crippen molar-refractivity contribution in [2.45, 2.75) is 59.1 Å². The van der Waals surface area contributed by atoms with E-state index in [-0.39, 0.29) is 5.60 Å². The topological polar surface area (TPSA) is 30.5 Å². The molecular formula is C18H31NO2. The van der Waals surface area contributed by atoms with Crippen LogP contribution in [0.15, 0.2) is 18.2 Å². The molecule has 0 amide bonds. The fourth-order valence-corrected chi connectivity index (χ4v) is 2.09. The summed E-state index contributed by atoms with van der Waals surface area (Å²) in [6.45, 7) is 12.4. The average Bonchev–Trinajstić information content (AvgIpc) is 2.46. The summed E-state index contributed by atoms with van der Waals surface area (Å²) in [6, 6.07) is 6.82. The molecule has 21 heavy (non-hydrogen) atoms. The first kappa shape index (κ1) is 18.0. The summed E-state index contributed by atoms with van der Waals surface area (Å²) in [6.07, 6.45) is 2.03. The SMILES string of the molecule is CCCNC(C)c1ccc(OCCC(C)(C)OC)c(C)c1. The van der Waals surface area contributed by atoms with Crippen LogP contribution in [0.4, 0.5) is 0 Å². The molecule has 3 heteroatoms. The van der Waals surface area contributed by atoms with Gasteiger partial charge in [-0.15, -0.1) is 0 Å². The zero-order valence-electron chi connectivity index (χ0n) is 14.5. The molecule has 0 heterocycles. The third kappa shape index (κ3) is 6.06. The zero-order chi connectivity index (χ0) is 15.9. The fourth-order valence-electron chi connectivity index (χ4n) is 2.09. The summed E-state index contributed by atoms with van der Waals surface area (Å²) < 4.78 is 11.3. The summed E-state index contributed by atoms with van der Waals surface area (Å²) >= 11 is 0. The van der Waals surface area contributed by atoms with Crippen LogP contribution in [0.25, 0.3) is 0 Å². The third-order valence-electron chi connectivity index (χ3n) is 3.91. The standard InChI is InChI=1S/C18H31NO2/c1-7-11-19-15(3)16-8-9-17(14(2)13-16)21-12-10-18(4,5)20-6/h8-9,13,15,19H,7,10-12H2,1-6H3. The van der Waals surface area contributed by atoms with Gasteiger partial charge in [0, 0.05) is 19.6 Å². The van der Waals surface area contributed by atoms with E-state index >= 15 is 0 Å². The van der Waals surface area contributed by atoms with Crippen LogP contribution in [-0.4, -0.2) is 25.9 Å². The van der Waals surface area contributed by atoms with Gasteiger partial charge in [0.2, 0.25) is 0 Å². The Morgan fingerprint density at radius 3 is 2.57 bits per heavy atom. The van der Waals surface area contributed by atoms with Crippen molar-refractivity contribution in [3.63, 3.8) is 0 Å². The van der Waals surface area contributed by atoms with Crippen molar-refractivity contribution in [1.82, 2.24) is 5.32 Å². The number of aryl methyl sites for hydroxylation is 1. The first-order valence-electron chi connectivity index (χ1n) is 7.91. The molecule has 120 valence electrons. The quantitative estimate of drug-likeness (QED) is 0.738. The van der Waals surface area contributed by atoms with E-state index in [0.29, 0.717) is 12.6 Å². The lowest BCUT2D eigenvalue weighted by Gasteiger charge is -2.23. The van der Waals surface area contributed by atoms with Crippen LogP contribution in [0.1, 0.15) is 57.7 Å². The lowest BCUT2D eigenvalue weighted by atomic mass is 10.0. The largest absolute Gasteiger partial charge is 0.493 e. The molecule has 0 aromatic heterocycles. The third-order valence-corrected chi connectivity index (χ3v) is 3.91. The smallest absolute Gasteiger partial charge is 0.122 e. The molecule has 0 saturated carbocycles. The molecular weight excluding hydrogens is 262 g/mol. The van der Waals surface area contributed by atoms with Gasteiger partial charge in [-0.25, -0.2) is 0 Å². The number of benzene rings is 1. The fraction of sp³-hybridized carbons (Fsp3) is 0.667. The lowest BCUT2D eigenvalue weighted by molar-refractivity contribution is 0.00539. The monoisotopic (exact) mass is 293 g/mol. The molecule has 1 aromatic rings. The molecule has 0 bridgehead atoms. The first-order valence-corrected chi connectivity index (χ1v) is 7.91. The second-order valence-electron chi connectivity index (χ2n) is 6.26. The Balaban J connectivity index is 2.58. The molecule has 1 atom stereocenters. The molecule has 1 rings (SSSR count). The van der Waals surface area contributed by atoms with Gasteiger partial charge in [0.25, 0.3) is 0 Å². The number of methoxy groups -OCH3 is 1. The minimum atomic E-state index is -0.133. The van der Waals surface area contributed by atoms with Gasteiger partial charge in [0.1, 0.15) is 5.75 Å². The molecule has 0 saturated heterocycles. The van der Waals surface area contributed by atoms with Crippen molar-refractivity contribution < 1.29 is 9.47 Å². The van der Waals surface area contributed by atoms with E-state index in [9.17, 15) is 0 Å². The highest BCUT2D eigenvalue weighted by Gasteiger charge is 2.16. The van der Waals surface area contributed by atoms with E-state index in [1.54, 1.807) is 7.11 Å². The Hall–Kier alpha value is -1.06. The number of ether oxygens (including phenoxy) is 2. The molecule has 0 radical (unpaired) electrons. The van der Waals surface area contributed by atoms with Crippen LogP contribution in [-0.2, 0) is 4.74 Å². The molecule has 1 unspecified atom stereocenters. The Kier molecular flexibility index (Phi) is 7.20. The average molecular weight is 293 g/mol. The molecule has 0 spiro atoms. The lowest BCUT2D eigenvalue weighted by Crippen LogP contribution is -2.25. The van der Waals surface area contributed by atoms with Gasteiger partial charge in [-0.05, 0) is 57.9 Å². The summed E-state index contributed by atoms with van der Waals surface area (Å²) in [5.74, 6) is 0.966. The summed E-state index contributed by atoms with van der Waals surface area (Å²) in [7, 11) is 1.74. The van der Waals surface area contributed by atoms with E-state index in [2.05, 4.69) is 58.1 Å². The first-order chi connectivity index (χ1) is 9.89. The van der Waals surface area contributed by atoms with Crippen LogP contribution >= 0.6 is 0 Å². The predicted octanol–water partition coefficient (Wildman–Crippen LogP) is 4.25. The van der Waals surface area contributed by atoms with Gasteiger partial charge in [-0.3, -0.25) is 0 Å². The number of nitrogens with one attached hydrogen (secondary N) is 1. The second-order valence-corrected chi connectivity index (χ2v) is 6.26. The Bertz CT molecular complexity index is 429. The second kappa shape index (κ2) is 8.40. The van der Waals surface area contributed by atoms with Crippen molar-refractivity contribution >= 4 is 0 Å². The molecule has 0 aliphatic carbocycles. The van der Waals surface area contributed by atoms with Crippen LogP contribution in [0.2, 0.25) is 0 Å². The van der Waals surface area contributed by atoms with E-state index in [1.807, 2.05) is 0 Å². The number of hydrogen-bond acceptors (Lipinski definition) is 3.